The number of guanidine groups is 1. The number of rotatable bonds is 8. The summed E-state index contributed by atoms with van der Waals surface area (Å²) >= 11 is 1.70. The number of likely N-dealkylation sites (N-methyl/N-ethyl adjacent to an activating group) is 1. The highest BCUT2D eigenvalue weighted by molar-refractivity contribution is 14.0. The van der Waals surface area contributed by atoms with Crippen LogP contribution in [0.1, 0.15) is 22.0 Å². The van der Waals surface area contributed by atoms with Gasteiger partial charge in [-0.2, -0.15) is 0 Å². The molecule has 2 aromatic rings. The maximum Gasteiger partial charge on any atom is 0.191 e. The average Bonchev–Trinajstić information content (AvgIpc) is 3.12. The molecule has 162 valence electrons. The molecule has 0 bridgehead atoms. The summed E-state index contributed by atoms with van der Waals surface area (Å²) in [6.45, 7) is 0.917. The van der Waals surface area contributed by atoms with E-state index in [1.165, 1.54) is 29.3 Å². The van der Waals surface area contributed by atoms with E-state index in [-0.39, 0.29) is 42.3 Å². The van der Waals surface area contributed by atoms with E-state index in [4.69, 9.17) is 0 Å². The molecule has 1 heterocycles. The molecule has 1 atom stereocenters. The van der Waals surface area contributed by atoms with Crippen LogP contribution in [0.4, 0.5) is 4.39 Å². The lowest BCUT2D eigenvalue weighted by Crippen LogP contribution is -2.41. The van der Waals surface area contributed by atoms with Crippen LogP contribution < -0.4 is 10.6 Å². The van der Waals surface area contributed by atoms with E-state index in [2.05, 4.69) is 26.6 Å². The van der Waals surface area contributed by atoms with Crippen LogP contribution in [0, 0.1) is 5.82 Å². The van der Waals surface area contributed by atoms with Crippen molar-refractivity contribution < 1.29 is 12.8 Å². The smallest absolute Gasteiger partial charge is 0.191 e. The SMILES string of the molecule is CN=C(NCc1cc(F)ccc1CS(C)(=O)=O)NCC(c1cccs1)N(C)C.I. The van der Waals surface area contributed by atoms with Gasteiger partial charge in [-0.05, 0) is 48.8 Å². The van der Waals surface area contributed by atoms with Crippen molar-refractivity contribution >= 4 is 51.1 Å². The molecule has 0 fully saturated rings. The summed E-state index contributed by atoms with van der Waals surface area (Å²) in [5, 5.41) is 8.47. The standard InChI is InChI=1S/C19H27FN4O2S2.HI/c1-21-19(23-12-17(24(2)3)18-6-5-9-27-18)22-11-15-10-16(20)8-7-14(15)13-28(4,25)26;/h5-10,17H,11-13H2,1-4H3,(H2,21,22,23);1H. The summed E-state index contributed by atoms with van der Waals surface area (Å²) < 4.78 is 36.9. The number of benzene rings is 1. The first-order valence-electron chi connectivity index (χ1n) is 8.79. The number of thiophene rings is 1. The van der Waals surface area contributed by atoms with Crippen LogP contribution in [0.3, 0.4) is 0 Å². The van der Waals surface area contributed by atoms with Gasteiger partial charge in [-0.3, -0.25) is 4.99 Å². The summed E-state index contributed by atoms with van der Waals surface area (Å²) in [6.07, 6.45) is 1.17. The molecular weight excluding hydrogens is 526 g/mol. The van der Waals surface area contributed by atoms with Crippen molar-refractivity contribution in [2.24, 2.45) is 4.99 Å². The summed E-state index contributed by atoms with van der Waals surface area (Å²) in [6, 6.07) is 8.46. The zero-order valence-electron chi connectivity index (χ0n) is 17.0. The Bertz CT molecular complexity index is 903. The normalized spacial score (nSPS) is 13.1. The lowest BCUT2D eigenvalue weighted by Gasteiger charge is -2.24. The van der Waals surface area contributed by atoms with Crippen LogP contribution in [-0.2, 0) is 22.1 Å². The molecule has 0 aliphatic carbocycles. The summed E-state index contributed by atoms with van der Waals surface area (Å²) in [7, 11) is 2.49. The molecule has 2 rings (SSSR count). The van der Waals surface area contributed by atoms with Crippen LogP contribution in [0.25, 0.3) is 0 Å². The molecule has 0 radical (unpaired) electrons. The van der Waals surface area contributed by atoms with E-state index in [9.17, 15) is 12.8 Å². The number of hydrogen-bond donors (Lipinski definition) is 2. The van der Waals surface area contributed by atoms with Gasteiger partial charge in [-0.1, -0.05) is 12.1 Å². The van der Waals surface area contributed by atoms with Crippen molar-refractivity contribution in [3.05, 3.63) is 57.5 Å². The van der Waals surface area contributed by atoms with Gasteiger partial charge in [0.05, 0.1) is 11.8 Å². The van der Waals surface area contributed by atoms with E-state index in [1.807, 2.05) is 25.5 Å². The van der Waals surface area contributed by atoms with Crippen LogP contribution in [0.5, 0.6) is 0 Å². The van der Waals surface area contributed by atoms with E-state index in [0.717, 1.165) is 0 Å². The topological polar surface area (TPSA) is 73.8 Å². The number of nitrogens with zero attached hydrogens (tertiary/aromatic N) is 2. The van der Waals surface area contributed by atoms with E-state index in [0.29, 0.717) is 23.6 Å². The zero-order valence-corrected chi connectivity index (χ0v) is 20.9. The van der Waals surface area contributed by atoms with Crippen LogP contribution in [-0.4, -0.2) is 53.2 Å². The van der Waals surface area contributed by atoms with Crippen LogP contribution >= 0.6 is 35.3 Å². The molecule has 29 heavy (non-hydrogen) atoms. The minimum Gasteiger partial charge on any atom is -0.354 e. The second-order valence-corrected chi connectivity index (χ2v) is 9.90. The Morgan fingerprint density at radius 1 is 1.24 bits per heavy atom. The maximum atomic E-state index is 13.7. The van der Waals surface area contributed by atoms with Crippen LogP contribution in [0.15, 0.2) is 40.7 Å². The van der Waals surface area contributed by atoms with Gasteiger partial charge in [0.25, 0.3) is 0 Å². The van der Waals surface area contributed by atoms with Gasteiger partial charge in [0.15, 0.2) is 15.8 Å². The molecule has 2 N–H and O–H groups in total. The van der Waals surface area contributed by atoms with Gasteiger partial charge in [-0.25, -0.2) is 12.8 Å². The summed E-state index contributed by atoms with van der Waals surface area (Å²) in [5.74, 6) is 0.0394. The third-order valence-electron chi connectivity index (χ3n) is 4.21. The Hall–Kier alpha value is -1.24. The molecule has 0 saturated carbocycles. The third kappa shape index (κ3) is 8.57. The van der Waals surface area contributed by atoms with Crippen molar-refractivity contribution in [2.45, 2.75) is 18.3 Å². The quantitative estimate of drug-likeness (QED) is 0.298. The van der Waals surface area contributed by atoms with Crippen molar-refractivity contribution in [1.82, 2.24) is 15.5 Å². The van der Waals surface area contributed by atoms with Crippen molar-refractivity contribution in [2.75, 3.05) is 33.9 Å². The Morgan fingerprint density at radius 3 is 2.52 bits per heavy atom. The Kier molecular flexibility index (Phi) is 10.5. The summed E-state index contributed by atoms with van der Waals surface area (Å²) in [4.78, 5) is 7.58. The van der Waals surface area contributed by atoms with Crippen molar-refractivity contribution in [3.8, 4) is 0 Å². The monoisotopic (exact) mass is 554 g/mol. The molecule has 10 heteroatoms. The molecule has 6 nitrogen and oxygen atoms in total. The molecule has 0 amide bonds. The van der Waals surface area contributed by atoms with E-state index < -0.39 is 15.7 Å². The first-order chi connectivity index (χ1) is 13.2. The molecule has 0 aliphatic heterocycles. The molecule has 0 saturated heterocycles. The molecular formula is C19H28FIN4O2S2. The van der Waals surface area contributed by atoms with E-state index >= 15 is 0 Å². The molecule has 0 spiro atoms. The highest BCUT2D eigenvalue weighted by atomic mass is 127. The number of hydrogen-bond acceptors (Lipinski definition) is 5. The number of sulfone groups is 1. The summed E-state index contributed by atoms with van der Waals surface area (Å²) in [5.41, 5.74) is 1.17. The molecule has 1 aromatic carbocycles. The highest BCUT2D eigenvalue weighted by Crippen LogP contribution is 2.22. The van der Waals surface area contributed by atoms with Gasteiger partial charge < -0.3 is 15.5 Å². The Balaban J connectivity index is 0.00000420. The second kappa shape index (κ2) is 11.8. The first-order valence-corrected chi connectivity index (χ1v) is 11.7. The third-order valence-corrected chi connectivity index (χ3v) is 6.02. The predicted octanol–water partition coefficient (Wildman–Crippen LogP) is 3.02. The number of nitrogens with one attached hydrogen (secondary N) is 2. The fourth-order valence-corrected chi connectivity index (χ4v) is 4.56. The Morgan fingerprint density at radius 2 is 1.97 bits per heavy atom. The van der Waals surface area contributed by atoms with E-state index in [1.54, 1.807) is 18.4 Å². The lowest BCUT2D eigenvalue weighted by atomic mass is 10.1. The lowest BCUT2D eigenvalue weighted by molar-refractivity contribution is 0.302. The first kappa shape index (κ1) is 25.8. The van der Waals surface area contributed by atoms with Gasteiger partial charge in [-0.15, -0.1) is 35.3 Å². The van der Waals surface area contributed by atoms with Crippen molar-refractivity contribution in [1.29, 1.82) is 0 Å². The van der Waals surface area contributed by atoms with Crippen molar-refractivity contribution in [3.63, 3.8) is 0 Å². The largest absolute Gasteiger partial charge is 0.354 e. The predicted molar refractivity (Wildman–Crippen MR) is 129 cm³/mol. The number of halogens is 2. The van der Waals surface area contributed by atoms with Gasteiger partial charge in [0.1, 0.15) is 5.82 Å². The Labute approximate surface area is 193 Å². The van der Waals surface area contributed by atoms with Gasteiger partial charge in [0, 0.05) is 31.3 Å². The zero-order chi connectivity index (χ0) is 20.7. The minimum atomic E-state index is -3.21. The minimum absolute atomic E-state index is 0. The number of aliphatic imine (C=N–C) groups is 1. The average molecular weight is 554 g/mol. The molecule has 0 aliphatic rings. The fourth-order valence-electron chi connectivity index (χ4n) is 2.79. The molecule has 1 aromatic heterocycles. The van der Waals surface area contributed by atoms with Gasteiger partial charge >= 0.3 is 0 Å². The van der Waals surface area contributed by atoms with Crippen LogP contribution in [0.2, 0.25) is 0 Å². The van der Waals surface area contributed by atoms with Gasteiger partial charge in [0.2, 0.25) is 0 Å². The fraction of sp³-hybridized carbons (Fsp3) is 0.421. The maximum absolute atomic E-state index is 13.7. The molecule has 1 unspecified atom stereocenters. The highest BCUT2D eigenvalue weighted by Gasteiger charge is 2.16. The second-order valence-electron chi connectivity index (χ2n) is 6.78.